The third-order valence-corrected chi connectivity index (χ3v) is 7.87. The molecular formula is C26H42N4O16S. The van der Waals surface area contributed by atoms with E-state index in [4.69, 9.17) is 38.5 Å². The topological polar surface area (TPSA) is 359 Å². The minimum atomic E-state index is -4.67. The summed E-state index contributed by atoms with van der Waals surface area (Å²) in [6, 6.07) is -3.10. The van der Waals surface area contributed by atoms with E-state index >= 15 is 0 Å². The number of amides is 2. The van der Waals surface area contributed by atoms with E-state index in [1.807, 2.05) is 0 Å². The van der Waals surface area contributed by atoms with Gasteiger partial charge in [-0.2, -0.15) is 8.42 Å². The van der Waals surface area contributed by atoms with Gasteiger partial charge in [-0.25, -0.2) is 9.59 Å². The number of cyclic esters (lactones) is 2. The predicted octanol–water partition coefficient (Wildman–Crippen LogP) is -4.02. The summed E-state index contributed by atoms with van der Waals surface area (Å²) in [5.41, 5.74) is 10.8. The van der Waals surface area contributed by atoms with Crippen molar-refractivity contribution in [1.29, 1.82) is 0 Å². The van der Waals surface area contributed by atoms with Gasteiger partial charge in [-0.15, -0.1) is 0 Å². The highest BCUT2D eigenvalue weighted by atomic mass is 32.3. The van der Waals surface area contributed by atoms with E-state index in [0.717, 1.165) is 0 Å². The fourth-order valence-electron chi connectivity index (χ4n) is 5.56. The van der Waals surface area contributed by atoms with Crippen LogP contribution in [0.3, 0.4) is 0 Å². The Hall–Kier alpha value is -3.41. The Morgan fingerprint density at radius 2 is 1.02 bits per heavy atom. The summed E-state index contributed by atoms with van der Waals surface area (Å²) in [6.45, 7) is 6.11. The first-order valence-corrected chi connectivity index (χ1v) is 15.7. The van der Waals surface area contributed by atoms with Gasteiger partial charge in [0.05, 0.1) is 59.7 Å². The van der Waals surface area contributed by atoms with Crippen molar-refractivity contribution >= 4 is 34.2 Å². The standard InChI is InChI=1S/2C13H20N2O6.H2O4S/c2*1-4(14)12(19)15-10-5(2)21-13(20)8-6(16)3-7(17)11(18)9(8)10;1-5(2,3)4/h2*4-5,7,9-11,16-18H,3,14H2,1-2H3,(H,15,19);(H2,1,2,3,4)/t2*4-,5+,7+,9+,10-,11-;/m00./s1. The number of carbonyl (C=O) groups excluding carboxylic acids is 4. The number of nitrogens with two attached hydrogens (primary N) is 2. The molecule has 0 aromatic carbocycles. The summed E-state index contributed by atoms with van der Waals surface area (Å²) in [4.78, 5) is 47.4. The van der Waals surface area contributed by atoms with Gasteiger partial charge in [0.25, 0.3) is 0 Å². The largest absolute Gasteiger partial charge is 0.512 e. The number of ether oxygens (including phenoxy) is 2. The van der Waals surface area contributed by atoms with Crippen molar-refractivity contribution < 1.29 is 76.8 Å². The highest BCUT2D eigenvalue weighted by Crippen LogP contribution is 2.39. The van der Waals surface area contributed by atoms with Crippen LogP contribution in [0.2, 0.25) is 0 Å². The van der Waals surface area contributed by atoms with E-state index in [9.17, 15) is 49.8 Å². The maximum Gasteiger partial charge on any atom is 0.394 e. The summed E-state index contributed by atoms with van der Waals surface area (Å²) in [5, 5.41) is 64.9. The zero-order valence-corrected chi connectivity index (χ0v) is 26.6. The first-order chi connectivity index (χ1) is 21.5. The molecule has 0 bridgehead atoms. The minimum Gasteiger partial charge on any atom is -0.512 e. The van der Waals surface area contributed by atoms with Gasteiger partial charge in [0.1, 0.15) is 23.7 Å². The molecule has 20 nitrogen and oxygen atoms in total. The molecule has 2 aliphatic heterocycles. The van der Waals surface area contributed by atoms with Crippen molar-refractivity contribution in [2.75, 3.05) is 0 Å². The van der Waals surface area contributed by atoms with E-state index in [1.165, 1.54) is 13.8 Å². The van der Waals surface area contributed by atoms with Crippen LogP contribution in [0, 0.1) is 11.8 Å². The first kappa shape index (κ1) is 39.8. The van der Waals surface area contributed by atoms with Crippen LogP contribution in [-0.4, -0.2) is 133 Å². The SMILES string of the molecule is C[C@H](N)C(=O)N[C@@H]1[C@H]2C(=C(O)C[C@@H](O)[C@@H]2O)C(=O)O[C@@H]1C.C[C@H](N)C(=O)N[C@@H]1[C@H]2C(=C(O)C[C@@H](O)[C@@H]2O)C(=O)O[C@@H]1C.O=S(=O)(O)O. The summed E-state index contributed by atoms with van der Waals surface area (Å²) in [7, 11) is -4.67. The van der Waals surface area contributed by atoms with Crippen molar-refractivity contribution in [2.24, 2.45) is 23.3 Å². The third kappa shape index (κ3) is 9.81. The molecule has 14 N–H and O–H groups in total. The number of esters is 2. The molecular weight excluding hydrogens is 656 g/mol. The zero-order valence-electron chi connectivity index (χ0n) is 25.7. The van der Waals surface area contributed by atoms with Gasteiger partial charge in [-0.3, -0.25) is 18.7 Å². The Labute approximate surface area is 269 Å². The molecule has 12 atom stereocenters. The van der Waals surface area contributed by atoms with Crippen LogP contribution in [0.15, 0.2) is 22.7 Å². The normalized spacial score (nSPS) is 34.8. The number of aliphatic hydroxyl groups is 6. The van der Waals surface area contributed by atoms with Crippen molar-refractivity contribution in [3.63, 3.8) is 0 Å². The lowest BCUT2D eigenvalue weighted by Crippen LogP contribution is -2.61. The smallest absolute Gasteiger partial charge is 0.394 e. The van der Waals surface area contributed by atoms with Gasteiger partial charge in [-0.1, -0.05) is 0 Å². The van der Waals surface area contributed by atoms with Gasteiger partial charge < -0.3 is 62.2 Å². The van der Waals surface area contributed by atoms with Gasteiger partial charge in [-0.05, 0) is 27.7 Å². The molecule has 4 rings (SSSR count). The first-order valence-electron chi connectivity index (χ1n) is 14.3. The van der Waals surface area contributed by atoms with Crippen LogP contribution in [-0.2, 0) is 39.1 Å². The van der Waals surface area contributed by atoms with E-state index in [2.05, 4.69) is 10.6 Å². The molecule has 2 heterocycles. The summed E-state index contributed by atoms with van der Waals surface area (Å²) < 4.78 is 41.8. The molecule has 2 aliphatic carbocycles. The zero-order chi connectivity index (χ0) is 36.3. The molecule has 0 unspecified atom stereocenters. The van der Waals surface area contributed by atoms with E-state index < -0.39 is 107 Å². The Balaban J connectivity index is 0.000000286. The van der Waals surface area contributed by atoms with Gasteiger partial charge in [0.15, 0.2) is 0 Å². The van der Waals surface area contributed by atoms with Crippen molar-refractivity contribution in [2.45, 2.75) is 101 Å². The lowest BCUT2D eigenvalue weighted by Gasteiger charge is -2.43. The number of hydrogen-bond acceptors (Lipinski definition) is 16. The highest BCUT2D eigenvalue weighted by molar-refractivity contribution is 7.79. The molecule has 0 aromatic rings. The molecule has 0 radical (unpaired) electrons. The second kappa shape index (κ2) is 15.7. The number of rotatable bonds is 4. The predicted molar refractivity (Wildman–Crippen MR) is 156 cm³/mol. The lowest BCUT2D eigenvalue weighted by molar-refractivity contribution is -0.159. The van der Waals surface area contributed by atoms with Crippen molar-refractivity contribution in [3.8, 4) is 0 Å². The van der Waals surface area contributed by atoms with Crippen LogP contribution in [0.5, 0.6) is 0 Å². The molecule has 2 amide bonds. The molecule has 0 aromatic heterocycles. The van der Waals surface area contributed by atoms with E-state index in [1.54, 1.807) is 13.8 Å². The molecule has 47 heavy (non-hydrogen) atoms. The van der Waals surface area contributed by atoms with E-state index in [0.29, 0.717) is 0 Å². The molecule has 2 saturated heterocycles. The summed E-state index contributed by atoms with van der Waals surface area (Å²) in [5.74, 6) is -4.97. The highest BCUT2D eigenvalue weighted by Gasteiger charge is 2.52. The third-order valence-electron chi connectivity index (χ3n) is 7.87. The molecule has 4 aliphatic rings. The number of fused-ring (bicyclic) bond motifs is 2. The van der Waals surface area contributed by atoms with Gasteiger partial charge in [0, 0.05) is 24.7 Å². The molecule has 0 spiro atoms. The Kier molecular flexibility index (Phi) is 13.2. The molecule has 268 valence electrons. The maximum atomic E-state index is 11.9. The summed E-state index contributed by atoms with van der Waals surface area (Å²) >= 11 is 0. The van der Waals surface area contributed by atoms with Crippen LogP contribution in [0.4, 0.5) is 0 Å². The average molecular weight is 699 g/mol. The van der Waals surface area contributed by atoms with E-state index in [-0.39, 0.29) is 35.5 Å². The quantitative estimate of drug-likeness (QED) is 0.0982. The van der Waals surface area contributed by atoms with Gasteiger partial charge >= 0.3 is 22.3 Å². The number of nitrogens with one attached hydrogen (secondary N) is 2. The van der Waals surface area contributed by atoms with Crippen molar-refractivity contribution in [1.82, 2.24) is 10.6 Å². The Morgan fingerprint density at radius 3 is 1.28 bits per heavy atom. The summed E-state index contributed by atoms with van der Waals surface area (Å²) in [6.07, 6.45) is -6.91. The number of carbonyl (C=O) groups is 4. The average Bonchev–Trinajstić information content (AvgIpc) is 2.92. The second-order valence-corrected chi connectivity index (χ2v) is 12.5. The van der Waals surface area contributed by atoms with Crippen LogP contribution >= 0.6 is 0 Å². The Morgan fingerprint density at radius 1 is 0.745 bits per heavy atom. The van der Waals surface area contributed by atoms with Crippen LogP contribution < -0.4 is 22.1 Å². The fourth-order valence-corrected chi connectivity index (χ4v) is 5.56. The Bertz CT molecular complexity index is 1290. The maximum absolute atomic E-state index is 11.9. The molecule has 0 saturated carbocycles. The molecule has 2 fully saturated rings. The second-order valence-electron chi connectivity index (χ2n) is 11.6. The number of aliphatic hydroxyl groups excluding tert-OH is 6. The van der Waals surface area contributed by atoms with Gasteiger partial charge in [0.2, 0.25) is 11.8 Å². The van der Waals surface area contributed by atoms with Crippen LogP contribution in [0.25, 0.3) is 0 Å². The lowest BCUT2D eigenvalue weighted by atomic mass is 9.74. The van der Waals surface area contributed by atoms with Crippen molar-refractivity contribution in [3.05, 3.63) is 22.7 Å². The monoisotopic (exact) mass is 698 g/mol. The molecule has 21 heteroatoms. The number of hydrogen-bond donors (Lipinski definition) is 12. The fraction of sp³-hybridized carbons (Fsp3) is 0.692. The van der Waals surface area contributed by atoms with Crippen LogP contribution in [0.1, 0.15) is 40.5 Å². The minimum absolute atomic E-state index is 0.0964.